The summed E-state index contributed by atoms with van der Waals surface area (Å²) in [7, 11) is 0. The van der Waals surface area contributed by atoms with Crippen LogP contribution in [0.1, 0.15) is 41.1 Å². The molecule has 1 unspecified atom stereocenters. The van der Waals surface area contributed by atoms with Crippen LogP contribution in [0.15, 0.2) is 30.5 Å². The lowest BCUT2D eigenvalue weighted by Gasteiger charge is -2.27. The molecule has 1 atom stereocenters. The number of rotatable bonds is 2. The minimum absolute atomic E-state index is 0.191. The minimum atomic E-state index is 0.191. The van der Waals surface area contributed by atoms with Gasteiger partial charge in [-0.3, -0.25) is 0 Å². The van der Waals surface area contributed by atoms with Crippen LogP contribution >= 0.6 is 0 Å². The molecule has 4 heteroatoms. The van der Waals surface area contributed by atoms with Gasteiger partial charge in [0.15, 0.2) is 0 Å². The van der Waals surface area contributed by atoms with Crippen LogP contribution in [-0.2, 0) is 6.42 Å². The van der Waals surface area contributed by atoms with Crippen LogP contribution in [0.4, 0.5) is 11.5 Å². The summed E-state index contributed by atoms with van der Waals surface area (Å²) in [6.07, 6.45) is 4.95. The molecule has 0 radical (unpaired) electrons. The first-order valence-electron chi connectivity index (χ1n) is 7.19. The number of nitriles is 1. The van der Waals surface area contributed by atoms with E-state index in [1.165, 1.54) is 11.1 Å². The highest BCUT2D eigenvalue weighted by atomic mass is 15.0. The van der Waals surface area contributed by atoms with Crippen molar-refractivity contribution in [3.05, 3.63) is 52.7 Å². The highest BCUT2D eigenvalue weighted by Gasteiger charge is 2.21. The Morgan fingerprint density at radius 2 is 2.24 bits per heavy atom. The van der Waals surface area contributed by atoms with Crippen molar-refractivity contribution in [1.82, 2.24) is 4.98 Å². The summed E-state index contributed by atoms with van der Waals surface area (Å²) in [6, 6.07) is 10.4. The summed E-state index contributed by atoms with van der Waals surface area (Å²) in [5.74, 6) is 0.673. The molecule has 0 spiro atoms. The van der Waals surface area contributed by atoms with Gasteiger partial charge < -0.3 is 11.1 Å². The average molecular weight is 278 g/mol. The maximum Gasteiger partial charge on any atom is 0.144 e. The Morgan fingerprint density at radius 3 is 3.05 bits per heavy atom. The highest BCUT2D eigenvalue weighted by molar-refractivity contribution is 5.57. The number of hydrogen-bond acceptors (Lipinski definition) is 4. The first kappa shape index (κ1) is 13.4. The SMILES string of the molecule is Cc1ccnc(NC2CCCc3cc(N)ccc32)c1C#N. The maximum absolute atomic E-state index is 9.31. The van der Waals surface area contributed by atoms with E-state index in [1.807, 2.05) is 19.1 Å². The third-order valence-electron chi connectivity index (χ3n) is 4.06. The Morgan fingerprint density at radius 1 is 1.38 bits per heavy atom. The van der Waals surface area contributed by atoms with Crippen LogP contribution < -0.4 is 11.1 Å². The molecule has 21 heavy (non-hydrogen) atoms. The van der Waals surface area contributed by atoms with Crippen LogP contribution in [0, 0.1) is 18.3 Å². The van der Waals surface area contributed by atoms with E-state index in [-0.39, 0.29) is 6.04 Å². The van der Waals surface area contributed by atoms with Crippen molar-refractivity contribution >= 4 is 11.5 Å². The Kier molecular flexibility index (Phi) is 3.49. The van der Waals surface area contributed by atoms with Crippen molar-refractivity contribution in [3.8, 4) is 6.07 Å². The lowest BCUT2D eigenvalue weighted by Crippen LogP contribution is -2.19. The second-order valence-electron chi connectivity index (χ2n) is 5.51. The summed E-state index contributed by atoms with van der Waals surface area (Å²) in [6.45, 7) is 1.93. The van der Waals surface area contributed by atoms with Gasteiger partial charge in [-0.05, 0) is 61.1 Å². The van der Waals surface area contributed by atoms with Crippen LogP contribution in [-0.4, -0.2) is 4.98 Å². The van der Waals surface area contributed by atoms with E-state index in [0.29, 0.717) is 11.4 Å². The second-order valence-corrected chi connectivity index (χ2v) is 5.51. The molecule has 1 aromatic carbocycles. The first-order chi connectivity index (χ1) is 10.2. The molecule has 1 aliphatic carbocycles. The Balaban J connectivity index is 1.95. The van der Waals surface area contributed by atoms with E-state index in [4.69, 9.17) is 5.73 Å². The summed E-state index contributed by atoms with van der Waals surface area (Å²) in [4.78, 5) is 4.34. The number of fused-ring (bicyclic) bond motifs is 1. The van der Waals surface area contributed by atoms with Gasteiger partial charge in [-0.2, -0.15) is 5.26 Å². The minimum Gasteiger partial charge on any atom is -0.399 e. The molecule has 0 bridgehead atoms. The second kappa shape index (κ2) is 5.45. The van der Waals surface area contributed by atoms with Gasteiger partial charge >= 0.3 is 0 Å². The number of aryl methyl sites for hydroxylation is 2. The zero-order chi connectivity index (χ0) is 14.8. The average Bonchev–Trinajstić information content (AvgIpc) is 2.47. The van der Waals surface area contributed by atoms with E-state index >= 15 is 0 Å². The number of nitrogen functional groups attached to an aromatic ring is 1. The van der Waals surface area contributed by atoms with Gasteiger partial charge in [0.25, 0.3) is 0 Å². The van der Waals surface area contributed by atoms with Gasteiger partial charge in [-0.25, -0.2) is 4.98 Å². The van der Waals surface area contributed by atoms with Crippen molar-refractivity contribution < 1.29 is 0 Å². The van der Waals surface area contributed by atoms with Gasteiger partial charge in [-0.15, -0.1) is 0 Å². The summed E-state index contributed by atoms with van der Waals surface area (Å²) < 4.78 is 0. The summed E-state index contributed by atoms with van der Waals surface area (Å²) in [5, 5.41) is 12.8. The summed E-state index contributed by atoms with van der Waals surface area (Å²) >= 11 is 0. The predicted octanol–water partition coefficient (Wildman–Crippen LogP) is 3.33. The number of aromatic nitrogens is 1. The van der Waals surface area contributed by atoms with Crippen molar-refractivity contribution in [2.45, 2.75) is 32.2 Å². The normalized spacial score (nSPS) is 16.9. The van der Waals surface area contributed by atoms with Crippen LogP contribution in [0.2, 0.25) is 0 Å². The monoisotopic (exact) mass is 278 g/mol. The van der Waals surface area contributed by atoms with Crippen LogP contribution in [0.3, 0.4) is 0 Å². The molecule has 1 heterocycles. The molecule has 1 aliphatic rings. The quantitative estimate of drug-likeness (QED) is 0.826. The lowest BCUT2D eigenvalue weighted by atomic mass is 9.87. The molecule has 0 fully saturated rings. The molecule has 4 nitrogen and oxygen atoms in total. The standard InChI is InChI=1S/C17H18N4/c1-11-7-8-20-17(15(11)10-18)21-16-4-2-3-12-9-13(19)5-6-14(12)16/h5-9,16H,2-4,19H2,1H3,(H,20,21). The molecular weight excluding hydrogens is 260 g/mol. The number of benzene rings is 1. The third kappa shape index (κ3) is 2.55. The predicted molar refractivity (Wildman–Crippen MR) is 83.8 cm³/mol. The lowest BCUT2D eigenvalue weighted by molar-refractivity contribution is 0.598. The van der Waals surface area contributed by atoms with E-state index in [2.05, 4.69) is 28.5 Å². The molecule has 106 valence electrons. The van der Waals surface area contributed by atoms with E-state index < -0.39 is 0 Å². The molecule has 3 N–H and O–H groups in total. The van der Waals surface area contributed by atoms with Crippen LogP contribution in [0.5, 0.6) is 0 Å². The van der Waals surface area contributed by atoms with Crippen molar-refractivity contribution in [2.24, 2.45) is 0 Å². The number of hydrogen-bond donors (Lipinski definition) is 2. The maximum atomic E-state index is 9.31. The Hall–Kier alpha value is -2.54. The smallest absolute Gasteiger partial charge is 0.144 e. The molecule has 0 aliphatic heterocycles. The van der Waals surface area contributed by atoms with Crippen molar-refractivity contribution in [1.29, 1.82) is 5.26 Å². The zero-order valence-electron chi connectivity index (χ0n) is 12.1. The van der Waals surface area contributed by atoms with Crippen LogP contribution in [0.25, 0.3) is 0 Å². The number of nitrogens with one attached hydrogen (secondary N) is 1. The molecular formula is C17H18N4. The fourth-order valence-electron chi connectivity index (χ4n) is 2.96. The molecule has 1 aromatic heterocycles. The number of nitrogens with two attached hydrogens (primary N) is 1. The molecule has 0 saturated carbocycles. The first-order valence-corrected chi connectivity index (χ1v) is 7.19. The highest BCUT2D eigenvalue weighted by Crippen LogP contribution is 2.34. The Labute approximate surface area is 124 Å². The van der Waals surface area contributed by atoms with Gasteiger partial charge in [0.2, 0.25) is 0 Å². The summed E-state index contributed by atoms with van der Waals surface area (Å²) in [5.41, 5.74) is 10.8. The number of pyridine rings is 1. The topological polar surface area (TPSA) is 74.7 Å². The fraction of sp³-hybridized carbons (Fsp3) is 0.294. The van der Waals surface area contributed by atoms with Crippen molar-refractivity contribution in [2.75, 3.05) is 11.1 Å². The molecule has 3 rings (SSSR count). The molecule has 2 aromatic rings. The molecule has 0 saturated heterocycles. The van der Waals surface area contributed by atoms with E-state index in [1.54, 1.807) is 6.20 Å². The van der Waals surface area contributed by atoms with Gasteiger partial charge in [0.1, 0.15) is 11.9 Å². The van der Waals surface area contributed by atoms with E-state index in [9.17, 15) is 5.26 Å². The fourth-order valence-corrected chi connectivity index (χ4v) is 2.96. The largest absolute Gasteiger partial charge is 0.399 e. The number of nitrogens with zero attached hydrogens (tertiary/aromatic N) is 2. The Bertz CT molecular complexity index is 715. The van der Waals surface area contributed by atoms with Gasteiger partial charge in [0, 0.05) is 11.9 Å². The van der Waals surface area contributed by atoms with E-state index in [0.717, 1.165) is 30.5 Å². The van der Waals surface area contributed by atoms with Gasteiger partial charge in [0.05, 0.1) is 11.6 Å². The zero-order valence-corrected chi connectivity index (χ0v) is 12.1. The number of anilines is 2. The van der Waals surface area contributed by atoms with Crippen molar-refractivity contribution in [3.63, 3.8) is 0 Å². The third-order valence-corrected chi connectivity index (χ3v) is 4.06. The molecule has 0 amide bonds. The van der Waals surface area contributed by atoms with Gasteiger partial charge in [-0.1, -0.05) is 6.07 Å².